The second kappa shape index (κ2) is 2.85. The van der Waals surface area contributed by atoms with Crippen LogP contribution in [0.2, 0.25) is 0 Å². The van der Waals surface area contributed by atoms with Gasteiger partial charge >= 0.3 is 0 Å². The first-order chi connectivity index (χ1) is 6.16. The molecule has 4 nitrogen and oxygen atoms in total. The number of thiazole rings is 1. The average molecular weight is 195 g/mol. The maximum atomic E-state index is 5.43. The normalized spacial score (nSPS) is 10.6. The summed E-state index contributed by atoms with van der Waals surface area (Å²) >= 11 is 1.59. The van der Waals surface area contributed by atoms with E-state index in [0.29, 0.717) is 5.88 Å². The average Bonchev–Trinajstić information content (AvgIpc) is 2.58. The Morgan fingerprint density at radius 3 is 2.69 bits per heavy atom. The van der Waals surface area contributed by atoms with Crippen molar-refractivity contribution in [2.24, 2.45) is 0 Å². The highest BCUT2D eigenvalue weighted by atomic mass is 32.1. The molecule has 0 aliphatic rings. The van der Waals surface area contributed by atoms with Crippen LogP contribution in [0.5, 0.6) is 0 Å². The standard InChI is InChI=1S/C8H9N3OS/c1-4-8(13-5(2)10-4)6-3-7(9)12-11-6/h3H,9H2,1-2H3. The number of nitrogens with two attached hydrogens (primary N) is 1. The van der Waals surface area contributed by atoms with Gasteiger partial charge in [0.1, 0.15) is 5.69 Å². The van der Waals surface area contributed by atoms with Crippen molar-refractivity contribution in [3.63, 3.8) is 0 Å². The van der Waals surface area contributed by atoms with Gasteiger partial charge in [0.2, 0.25) is 5.88 Å². The van der Waals surface area contributed by atoms with Crippen molar-refractivity contribution in [1.82, 2.24) is 10.1 Å². The third-order valence-corrected chi connectivity index (χ3v) is 2.76. The molecular weight excluding hydrogens is 186 g/mol. The maximum absolute atomic E-state index is 5.43. The molecule has 2 rings (SSSR count). The summed E-state index contributed by atoms with van der Waals surface area (Å²) in [5.74, 6) is 0.334. The van der Waals surface area contributed by atoms with Gasteiger partial charge < -0.3 is 10.3 Å². The molecular formula is C8H9N3OS. The molecule has 13 heavy (non-hydrogen) atoms. The zero-order chi connectivity index (χ0) is 9.42. The zero-order valence-electron chi connectivity index (χ0n) is 7.37. The van der Waals surface area contributed by atoms with Crippen LogP contribution in [0.3, 0.4) is 0 Å². The minimum Gasteiger partial charge on any atom is -0.368 e. The number of rotatable bonds is 1. The van der Waals surface area contributed by atoms with Gasteiger partial charge in [-0.3, -0.25) is 0 Å². The number of anilines is 1. The van der Waals surface area contributed by atoms with Crippen LogP contribution in [0, 0.1) is 13.8 Å². The van der Waals surface area contributed by atoms with E-state index in [1.165, 1.54) is 0 Å². The Morgan fingerprint density at radius 1 is 1.46 bits per heavy atom. The highest BCUT2D eigenvalue weighted by molar-refractivity contribution is 7.15. The summed E-state index contributed by atoms with van der Waals surface area (Å²) in [6.45, 7) is 3.91. The Morgan fingerprint density at radius 2 is 2.23 bits per heavy atom. The Balaban J connectivity index is 2.51. The second-order valence-electron chi connectivity index (χ2n) is 2.76. The lowest BCUT2D eigenvalue weighted by Crippen LogP contribution is -1.77. The molecule has 0 unspecified atom stereocenters. The van der Waals surface area contributed by atoms with Gasteiger partial charge in [0.05, 0.1) is 15.6 Å². The van der Waals surface area contributed by atoms with Crippen LogP contribution < -0.4 is 5.73 Å². The van der Waals surface area contributed by atoms with E-state index in [1.54, 1.807) is 17.4 Å². The summed E-state index contributed by atoms with van der Waals surface area (Å²) in [5, 5.41) is 4.85. The largest absolute Gasteiger partial charge is 0.368 e. The summed E-state index contributed by atoms with van der Waals surface area (Å²) in [5.41, 5.74) is 7.16. The maximum Gasteiger partial charge on any atom is 0.222 e. The van der Waals surface area contributed by atoms with Crippen molar-refractivity contribution in [1.29, 1.82) is 0 Å². The van der Waals surface area contributed by atoms with Crippen LogP contribution in [0.1, 0.15) is 10.7 Å². The molecule has 0 atom stereocenters. The predicted molar refractivity (Wildman–Crippen MR) is 51.5 cm³/mol. The quantitative estimate of drug-likeness (QED) is 0.755. The summed E-state index contributed by atoms with van der Waals surface area (Å²) in [6, 6.07) is 1.71. The third-order valence-electron chi connectivity index (χ3n) is 1.66. The lowest BCUT2D eigenvalue weighted by molar-refractivity contribution is 0.439. The molecule has 0 aliphatic carbocycles. The number of nitrogens with zero attached hydrogens (tertiary/aromatic N) is 2. The van der Waals surface area contributed by atoms with E-state index in [4.69, 9.17) is 10.3 Å². The van der Waals surface area contributed by atoms with Gasteiger partial charge in [-0.05, 0) is 13.8 Å². The molecule has 0 bridgehead atoms. The summed E-state index contributed by atoms with van der Waals surface area (Å²) < 4.78 is 4.79. The van der Waals surface area contributed by atoms with Gasteiger partial charge in [0, 0.05) is 6.07 Å². The van der Waals surface area contributed by atoms with E-state index in [-0.39, 0.29) is 0 Å². The molecule has 0 aromatic carbocycles. The molecule has 0 aliphatic heterocycles. The Kier molecular flexibility index (Phi) is 1.81. The second-order valence-corrected chi connectivity index (χ2v) is 3.97. The first-order valence-corrected chi connectivity index (χ1v) is 4.65. The SMILES string of the molecule is Cc1nc(C)c(-c2cc(N)on2)s1. The summed E-state index contributed by atoms with van der Waals surface area (Å²) in [6.07, 6.45) is 0. The summed E-state index contributed by atoms with van der Waals surface area (Å²) in [7, 11) is 0. The molecule has 2 aromatic heterocycles. The predicted octanol–water partition coefficient (Wildman–Crippen LogP) is 2.00. The zero-order valence-corrected chi connectivity index (χ0v) is 8.18. The first-order valence-electron chi connectivity index (χ1n) is 3.83. The van der Waals surface area contributed by atoms with Crippen molar-refractivity contribution in [2.45, 2.75) is 13.8 Å². The molecule has 68 valence electrons. The molecule has 2 N–H and O–H groups in total. The van der Waals surface area contributed by atoms with Gasteiger partial charge in [-0.25, -0.2) is 4.98 Å². The smallest absolute Gasteiger partial charge is 0.222 e. The van der Waals surface area contributed by atoms with E-state index >= 15 is 0 Å². The molecule has 0 saturated carbocycles. The Labute approximate surface area is 79.4 Å². The number of hydrogen-bond acceptors (Lipinski definition) is 5. The van der Waals surface area contributed by atoms with Gasteiger partial charge in [0.15, 0.2) is 0 Å². The number of aromatic nitrogens is 2. The first kappa shape index (κ1) is 8.25. The van der Waals surface area contributed by atoms with Crippen LogP contribution in [0.4, 0.5) is 5.88 Å². The number of nitrogen functional groups attached to an aromatic ring is 1. The molecule has 2 aromatic rings. The van der Waals surface area contributed by atoms with Crippen LogP contribution in [-0.4, -0.2) is 10.1 Å². The fraction of sp³-hybridized carbons (Fsp3) is 0.250. The lowest BCUT2D eigenvalue weighted by Gasteiger charge is -1.87. The minimum absolute atomic E-state index is 0.334. The van der Waals surface area contributed by atoms with Crippen LogP contribution in [0.15, 0.2) is 10.6 Å². The fourth-order valence-corrected chi connectivity index (χ4v) is 2.04. The molecule has 2 heterocycles. The van der Waals surface area contributed by atoms with Gasteiger partial charge in [0.25, 0.3) is 0 Å². The Hall–Kier alpha value is -1.36. The Bertz CT molecular complexity index is 432. The number of hydrogen-bond donors (Lipinski definition) is 1. The van der Waals surface area contributed by atoms with E-state index in [1.807, 2.05) is 13.8 Å². The molecule has 0 saturated heterocycles. The fourth-order valence-electron chi connectivity index (χ4n) is 1.17. The van der Waals surface area contributed by atoms with E-state index in [2.05, 4.69) is 10.1 Å². The van der Waals surface area contributed by atoms with Crippen molar-refractivity contribution in [2.75, 3.05) is 5.73 Å². The third kappa shape index (κ3) is 1.42. The minimum atomic E-state index is 0.334. The lowest BCUT2D eigenvalue weighted by atomic mass is 10.3. The van der Waals surface area contributed by atoms with Gasteiger partial charge in [-0.15, -0.1) is 11.3 Å². The van der Waals surface area contributed by atoms with Gasteiger partial charge in [-0.2, -0.15) is 0 Å². The highest BCUT2D eigenvalue weighted by Crippen LogP contribution is 2.29. The summed E-state index contributed by atoms with van der Waals surface area (Å²) in [4.78, 5) is 5.32. The van der Waals surface area contributed by atoms with Crippen molar-refractivity contribution in [3.8, 4) is 10.6 Å². The molecule has 5 heteroatoms. The molecule has 0 radical (unpaired) electrons. The van der Waals surface area contributed by atoms with Crippen LogP contribution in [0.25, 0.3) is 10.6 Å². The van der Waals surface area contributed by atoms with Gasteiger partial charge in [-0.1, -0.05) is 5.16 Å². The molecule has 0 fully saturated rings. The van der Waals surface area contributed by atoms with Crippen molar-refractivity contribution in [3.05, 3.63) is 16.8 Å². The van der Waals surface area contributed by atoms with E-state index in [0.717, 1.165) is 21.3 Å². The topological polar surface area (TPSA) is 64.9 Å². The van der Waals surface area contributed by atoms with Crippen LogP contribution in [-0.2, 0) is 0 Å². The molecule has 0 spiro atoms. The highest BCUT2D eigenvalue weighted by Gasteiger charge is 2.11. The van der Waals surface area contributed by atoms with Crippen molar-refractivity contribution >= 4 is 17.2 Å². The number of aryl methyl sites for hydroxylation is 2. The molecule has 0 amide bonds. The van der Waals surface area contributed by atoms with Crippen molar-refractivity contribution < 1.29 is 4.52 Å². The van der Waals surface area contributed by atoms with Crippen LogP contribution >= 0.6 is 11.3 Å². The van der Waals surface area contributed by atoms with E-state index < -0.39 is 0 Å². The van der Waals surface area contributed by atoms with E-state index in [9.17, 15) is 0 Å². The monoisotopic (exact) mass is 195 g/mol.